The molecule has 1 rings (SSSR count). The first-order chi connectivity index (χ1) is 8.59. The summed E-state index contributed by atoms with van der Waals surface area (Å²) in [7, 11) is 1.76. The van der Waals surface area contributed by atoms with Crippen molar-refractivity contribution in [3.8, 4) is 0 Å². The van der Waals surface area contributed by atoms with Crippen molar-refractivity contribution in [2.75, 3.05) is 6.54 Å². The summed E-state index contributed by atoms with van der Waals surface area (Å²) >= 11 is 0. The molecule has 0 atom stereocenters. The molecule has 0 unspecified atom stereocenters. The Morgan fingerprint density at radius 2 is 2.06 bits per heavy atom. The van der Waals surface area contributed by atoms with Gasteiger partial charge in [-0.3, -0.25) is 14.3 Å². The highest BCUT2D eigenvalue weighted by Crippen LogP contribution is 2.02. The normalized spacial score (nSPS) is 10.3. The number of amides is 1. The maximum Gasteiger partial charge on any atom is 0.303 e. The number of hydrogen-bond acceptors (Lipinski definition) is 3. The average Bonchev–Trinajstić information content (AvgIpc) is 2.74. The lowest BCUT2D eigenvalue weighted by atomic mass is 10.1. The van der Waals surface area contributed by atoms with E-state index >= 15 is 0 Å². The van der Waals surface area contributed by atoms with E-state index in [1.54, 1.807) is 24.0 Å². The van der Waals surface area contributed by atoms with Gasteiger partial charge in [0.1, 0.15) is 5.69 Å². The molecular weight excluding hydrogens is 234 g/mol. The van der Waals surface area contributed by atoms with E-state index in [4.69, 9.17) is 5.11 Å². The standard InChI is InChI=1S/C12H19N3O3/c1-15-9-7-10(14-15)12(18)13-8-5-3-2-4-6-11(16)17/h7,9H,2-6,8H2,1H3,(H,13,18)(H,16,17). The van der Waals surface area contributed by atoms with Gasteiger partial charge in [0, 0.05) is 26.2 Å². The van der Waals surface area contributed by atoms with Crippen LogP contribution in [0.2, 0.25) is 0 Å². The third kappa shape index (κ3) is 5.47. The first-order valence-electron chi connectivity index (χ1n) is 6.09. The maximum atomic E-state index is 11.6. The quantitative estimate of drug-likeness (QED) is 0.681. The number of carbonyl (C=O) groups is 2. The van der Waals surface area contributed by atoms with Gasteiger partial charge in [0.05, 0.1) is 0 Å². The van der Waals surface area contributed by atoms with Crippen LogP contribution in [0.1, 0.15) is 42.6 Å². The van der Waals surface area contributed by atoms with Crippen LogP contribution in [0.3, 0.4) is 0 Å². The van der Waals surface area contributed by atoms with E-state index in [0.29, 0.717) is 18.7 Å². The van der Waals surface area contributed by atoms with Crippen molar-refractivity contribution in [2.24, 2.45) is 7.05 Å². The molecule has 1 heterocycles. The predicted octanol–water partition coefficient (Wildman–Crippen LogP) is 1.18. The highest BCUT2D eigenvalue weighted by atomic mass is 16.4. The fraction of sp³-hybridized carbons (Fsp3) is 0.583. The molecule has 0 aliphatic rings. The lowest BCUT2D eigenvalue weighted by molar-refractivity contribution is -0.137. The number of rotatable bonds is 8. The van der Waals surface area contributed by atoms with E-state index in [0.717, 1.165) is 19.3 Å². The number of aliphatic carboxylic acids is 1. The molecule has 0 aliphatic heterocycles. The molecule has 0 saturated carbocycles. The van der Waals surface area contributed by atoms with Crippen LogP contribution < -0.4 is 5.32 Å². The van der Waals surface area contributed by atoms with Gasteiger partial charge in [-0.1, -0.05) is 12.8 Å². The number of hydrogen-bond donors (Lipinski definition) is 2. The van der Waals surface area contributed by atoms with Crippen molar-refractivity contribution >= 4 is 11.9 Å². The highest BCUT2D eigenvalue weighted by molar-refractivity contribution is 5.92. The minimum Gasteiger partial charge on any atom is -0.481 e. The summed E-state index contributed by atoms with van der Waals surface area (Å²) in [5.74, 6) is -0.917. The SMILES string of the molecule is Cn1ccc(C(=O)NCCCCCCC(=O)O)n1. The van der Waals surface area contributed by atoms with E-state index < -0.39 is 5.97 Å². The van der Waals surface area contributed by atoms with Crippen LogP contribution in [0.4, 0.5) is 0 Å². The summed E-state index contributed by atoms with van der Waals surface area (Å²) in [6, 6.07) is 1.67. The van der Waals surface area contributed by atoms with Gasteiger partial charge in [0.2, 0.25) is 0 Å². The van der Waals surface area contributed by atoms with E-state index in [1.807, 2.05) is 0 Å². The molecule has 0 bridgehead atoms. The second-order valence-electron chi connectivity index (χ2n) is 4.19. The van der Waals surface area contributed by atoms with E-state index in [-0.39, 0.29) is 12.3 Å². The molecule has 6 nitrogen and oxygen atoms in total. The Morgan fingerprint density at radius 3 is 2.67 bits per heavy atom. The largest absolute Gasteiger partial charge is 0.481 e. The molecule has 100 valence electrons. The number of nitrogens with one attached hydrogen (secondary N) is 1. The van der Waals surface area contributed by atoms with Crippen molar-refractivity contribution in [3.63, 3.8) is 0 Å². The van der Waals surface area contributed by atoms with Crippen LogP contribution in [-0.2, 0) is 11.8 Å². The molecular formula is C12H19N3O3. The third-order valence-corrected chi connectivity index (χ3v) is 2.55. The number of carbonyl (C=O) groups excluding carboxylic acids is 1. The molecule has 6 heteroatoms. The average molecular weight is 253 g/mol. The van der Waals surface area contributed by atoms with Gasteiger partial charge in [0.15, 0.2) is 0 Å². The Bertz CT molecular complexity index is 401. The number of aryl methyl sites for hydroxylation is 1. The van der Waals surface area contributed by atoms with Gasteiger partial charge in [-0.05, 0) is 18.9 Å². The molecule has 1 aromatic heterocycles. The van der Waals surface area contributed by atoms with Crippen LogP contribution in [0.5, 0.6) is 0 Å². The van der Waals surface area contributed by atoms with Crippen LogP contribution in [0.25, 0.3) is 0 Å². The number of carboxylic acids is 1. The zero-order valence-electron chi connectivity index (χ0n) is 10.6. The highest BCUT2D eigenvalue weighted by Gasteiger charge is 2.07. The van der Waals surface area contributed by atoms with Gasteiger partial charge in [0.25, 0.3) is 5.91 Å². The first kappa shape index (κ1) is 14.2. The Kier molecular flexibility index (Phi) is 5.90. The fourth-order valence-electron chi connectivity index (χ4n) is 1.58. The summed E-state index contributed by atoms with van der Waals surface area (Å²) in [5.41, 5.74) is 0.420. The molecule has 2 N–H and O–H groups in total. The first-order valence-corrected chi connectivity index (χ1v) is 6.09. The summed E-state index contributed by atoms with van der Waals surface area (Å²) in [6.07, 6.45) is 5.31. The number of unbranched alkanes of at least 4 members (excludes halogenated alkanes) is 3. The summed E-state index contributed by atoms with van der Waals surface area (Å²) in [5, 5.41) is 15.2. The topological polar surface area (TPSA) is 84.2 Å². The Labute approximate surface area is 106 Å². The van der Waals surface area contributed by atoms with Crippen LogP contribution in [0.15, 0.2) is 12.3 Å². The third-order valence-electron chi connectivity index (χ3n) is 2.55. The Morgan fingerprint density at radius 1 is 1.33 bits per heavy atom. The minimum absolute atomic E-state index is 0.166. The van der Waals surface area contributed by atoms with Crippen molar-refractivity contribution in [2.45, 2.75) is 32.1 Å². The monoisotopic (exact) mass is 253 g/mol. The van der Waals surface area contributed by atoms with Crippen molar-refractivity contribution in [1.29, 1.82) is 0 Å². The van der Waals surface area contributed by atoms with Crippen LogP contribution >= 0.6 is 0 Å². The van der Waals surface area contributed by atoms with Gasteiger partial charge < -0.3 is 10.4 Å². The molecule has 0 aromatic carbocycles. The second-order valence-corrected chi connectivity index (χ2v) is 4.19. The van der Waals surface area contributed by atoms with Gasteiger partial charge in [-0.15, -0.1) is 0 Å². The zero-order valence-corrected chi connectivity index (χ0v) is 10.6. The number of carboxylic acid groups (broad SMARTS) is 1. The zero-order chi connectivity index (χ0) is 13.4. The molecule has 0 spiro atoms. The smallest absolute Gasteiger partial charge is 0.303 e. The molecule has 0 saturated heterocycles. The molecule has 0 radical (unpaired) electrons. The predicted molar refractivity (Wildman–Crippen MR) is 66.3 cm³/mol. The van der Waals surface area contributed by atoms with E-state index in [9.17, 15) is 9.59 Å². The van der Waals surface area contributed by atoms with Gasteiger partial charge in [-0.25, -0.2) is 0 Å². The molecule has 1 aromatic rings. The molecule has 18 heavy (non-hydrogen) atoms. The van der Waals surface area contributed by atoms with E-state index in [2.05, 4.69) is 10.4 Å². The molecule has 0 fully saturated rings. The van der Waals surface area contributed by atoms with Crippen LogP contribution in [-0.4, -0.2) is 33.3 Å². The van der Waals surface area contributed by atoms with Crippen molar-refractivity contribution in [1.82, 2.24) is 15.1 Å². The number of nitrogens with zero attached hydrogens (tertiary/aromatic N) is 2. The lowest BCUT2D eigenvalue weighted by Gasteiger charge is -2.02. The Balaban J connectivity index is 2.04. The van der Waals surface area contributed by atoms with Crippen LogP contribution in [0, 0.1) is 0 Å². The molecule has 0 aliphatic carbocycles. The maximum absolute atomic E-state index is 11.6. The van der Waals surface area contributed by atoms with Crippen molar-refractivity contribution in [3.05, 3.63) is 18.0 Å². The van der Waals surface area contributed by atoms with E-state index in [1.165, 1.54) is 0 Å². The summed E-state index contributed by atoms with van der Waals surface area (Å²) < 4.78 is 1.58. The van der Waals surface area contributed by atoms with Gasteiger partial charge >= 0.3 is 5.97 Å². The fourth-order valence-corrected chi connectivity index (χ4v) is 1.58. The summed E-state index contributed by atoms with van der Waals surface area (Å²) in [6.45, 7) is 0.600. The van der Waals surface area contributed by atoms with Gasteiger partial charge in [-0.2, -0.15) is 5.10 Å². The minimum atomic E-state index is -0.751. The lowest BCUT2D eigenvalue weighted by Crippen LogP contribution is -2.25. The number of aromatic nitrogens is 2. The molecule has 1 amide bonds. The Hall–Kier alpha value is -1.85. The summed E-state index contributed by atoms with van der Waals surface area (Å²) in [4.78, 5) is 21.8. The van der Waals surface area contributed by atoms with Crippen molar-refractivity contribution < 1.29 is 14.7 Å². The second kappa shape index (κ2) is 7.47.